The van der Waals surface area contributed by atoms with E-state index in [0.29, 0.717) is 6.42 Å². The van der Waals surface area contributed by atoms with E-state index in [4.69, 9.17) is 0 Å². The van der Waals surface area contributed by atoms with Gasteiger partial charge in [-0.15, -0.1) is 0 Å². The Hall–Kier alpha value is -1.40. The van der Waals surface area contributed by atoms with Gasteiger partial charge in [0.05, 0.1) is 6.07 Å². The first-order valence-corrected chi connectivity index (χ1v) is 6.02. The van der Waals surface area contributed by atoms with Crippen LogP contribution in [0.15, 0.2) is 24.3 Å². The SMILES string of the molecule is CC(C#N)(Cc1cccc(F)c1)NCC1CC1. The number of hydrogen-bond donors (Lipinski definition) is 1. The number of nitrogens with one attached hydrogen (secondary N) is 1. The van der Waals surface area contributed by atoms with E-state index in [1.54, 1.807) is 6.07 Å². The lowest BCUT2D eigenvalue weighted by Crippen LogP contribution is -2.44. The molecular formula is C14H17FN2. The molecule has 1 aliphatic carbocycles. The van der Waals surface area contributed by atoms with Crippen molar-refractivity contribution in [1.29, 1.82) is 5.26 Å². The van der Waals surface area contributed by atoms with Crippen molar-refractivity contribution >= 4 is 0 Å². The van der Waals surface area contributed by atoms with Gasteiger partial charge >= 0.3 is 0 Å². The van der Waals surface area contributed by atoms with Crippen molar-refractivity contribution in [3.8, 4) is 6.07 Å². The van der Waals surface area contributed by atoms with Crippen LogP contribution in [0, 0.1) is 23.1 Å². The van der Waals surface area contributed by atoms with Gasteiger partial charge in [-0.05, 0) is 49.9 Å². The molecule has 17 heavy (non-hydrogen) atoms. The molecule has 1 unspecified atom stereocenters. The summed E-state index contributed by atoms with van der Waals surface area (Å²) in [6.07, 6.45) is 3.05. The summed E-state index contributed by atoms with van der Waals surface area (Å²) in [5.74, 6) is 0.486. The molecule has 0 saturated heterocycles. The third-order valence-corrected chi connectivity index (χ3v) is 3.17. The topological polar surface area (TPSA) is 35.8 Å². The zero-order chi connectivity index (χ0) is 12.3. The number of benzene rings is 1. The Morgan fingerprint density at radius 2 is 2.29 bits per heavy atom. The fraction of sp³-hybridized carbons (Fsp3) is 0.500. The van der Waals surface area contributed by atoms with Crippen molar-refractivity contribution in [3.63, 3.8) is 0 Å². The maximum absolute atomic E-state index is 13.1. The van der Waals surface area contributed by atoms with E-state index in [-0.39, 0.29) is 5.82 Å². The minimum Gasteiger partial charge on any atom is -0.299 e. The molecule has 0 radical (unpaired) electrons. The molecule has 2 rings (SSSR count). The van der Waals surface area contributed by atoms with Crippen LogP contribution in [0.1, 0.15) is 25.3 Å². The Labute approximate surface area is 101 Å². The third-order valence-electron chi connectivity index (χ3n) is 3.17. The highest BCUT2D eigenvalue weighted by atomic mass is 19.1. The summed E-state index contributed by atoms with van der Waals surface area (Å²) < 4.78 is 13.1. The van der Waals surface area contributed by atoms with Crippen molar-refractivity contribution in [2.45, 2.75) is 31.7 Å². The van der Waals surface area contributed by atoms with Gasteiger partial charge in [0.15, 0.2) is 0 Å². The Balaban J connectivity index is 1.99. The highest BCUT2D eigenvalue weighted by molar-refractivity contribution is 5.22. The van der Waals surface area contributed by atoms with Gasteiger partial charge in [-0.2, -0.15) is 5.26 Å². The summed E-state index contributed by atoms with van der Waals surface area (Å²) in [5, 5.41) is 12.5. The number of rotatable bonds is 5. The summed E-state index contributed by atoms with van der Waals surface area (Å²) in [6.45, 7) is 2.76. The second-order valence-electron chi connectivity index (χ2n) is 5.07. The van der Waals surface area contributed by atoms with Crippen molar-refractivity contribution in [1.82, 2.24) is 5.32 Å². The molecule has 1 saturated carbocycles. The fourth-order valence-corrected chi connectivity index (χ4v) is 1.89. The van der Waals surface area contributed by atoms with Gasteiger partial charge in [0.1, 0.15) is 11.4 Å². The van der Waals surface area contributed by atoms with E-state index in [1.165, 1.54) is 25.0 Å². The highest BCUT2D eigenvalue weighted by Crippen LogP contribution is 2.28. The molecule has 1 aromatic carbocycles. The van der Waals surface area contributed by atoms with E-state index in [2.05, 4.69) is 11.4 Å². The third kappa shape index (κ3) is 3.54. The number of nitriles is 1. The quantitative estimate of drug-likeness (QED) is 0.847. The van der Waals surface area contributed by atoms with Crippen LogP contribution in [0.3, 0.4) is 0 Å². The minimum absolute atomic E-state index is 0.245. The number of hydrogen-bond acceptors (Lipinski definition) is 2. The lowest BCUT2D eigenvalue weighted by molar-refractivity contribution is 0.433. The van der Waals surface area contributed by atoms with E-state index in [9.17, 15) is 9.65 Å². The summed E-state index contributed by atoms with van der Waals surface area (Å²) in [6, 6.07) is 8.75. The van der Waals surface area contributed by atoms with Gasteiger partial charge in [0.2, 0.25) is 0 Å². The normalized spacial score (nSPS) is 18.4. The van der Waals surface area contributed by atoms with Gasteiger partial charge in [-0.25, -0.2) is 4.39 Å². The Kier molecular flexibility index (Phi) is 3.44. The molecule has 1 aliphatic rings. The summed E-state index contributed by atoms with van der Waals surface area (Å²) in [5.41, 5.74) is 0.258. The van der Waals surface area contributed by atoms with Gasteiger partial charge in [0, 0.05) is 6.42 Å². The van der Waals surface area contributed by atoms with Crippen LogP contribution in [-0.2, 0) is 6.42 Å². The molecule has 1 atom stereocenters. The molecule has 0 aliphatic heterocycles. The average Bonchev–Trinajstić information content (AvgIpc) is 3.10. The maximum Gasteiger partial charge on any atom is 0.123 e. The van der Waals surface area contributed by atoms with Crippen LogP contribution in [0.5, 0.6) is 0 Å². The van der Waals surface area contributed by atoms with Crippen molar-refractivity contribution in [3.05, 3.63) is 35.6 Å². The lowest BCUT2D eigenvalue weighted by Gasteiger charge is -2.23. The first-order valence-electron chi connectivity index (χ1n) is 6.02. The fourth-order valence-electron chi connectivity index (χ4n) is 1.89. The molecule has 90 valence electrons. The van der Waals surface area contributed by atoms with Crippen LogP contribution < -0.4 is 5.32 Å². The molecule has 0 aromatic heterocycles. The van der Waals surface area contributed by atoms with Crippen LogP contribution in [0.2, 0.25) is 0 Å². The molecular weight excluding hydrogens is 215 g/mol. The number of halogens is 1. The Morgan fingerprint density at radius 1 is 1.53 bits per heavy atom. The number of nitrogens with zero attached hydrogens (tertiary/aromatic N) is 1. The van der Waals surface area contributed by atoms with Crippen LogP contribution in [0.4, 0.5) is 4.39 Å². The smallest absolute Gasteiger partial charge is 0.123 e. The Bertz CT molecular complexity index is 434. The molecule has 1 N–H and O–H groups in total. The second-order valence-corrected chi connectivity index (χ2v) is 5.07. The average molecular weight is 232 g/mol. The summed E-state index contributed by atoms with van der Waals surface area (Å²) in [4.78, 5) is 0. The molecule has 3 heteroatoms. The maximum atomic E-state index is 13.1. The predicted octanol–water partition coefficient (Wildman–Crippen LogP) is 2.65. The first kappa shape index (κ1) is 12.1. The second kappa shape index (κ2) is 4.85. The van der Waals surface area contributed by atoms with Crippen LogP contribution in [0.25, 0.3) is 0 Å². The predicted molar refractivity (Wildman–Crippen MR) is 64.8 cm³/mol. The lowest BCUT2D eigenvalue weighted by atomic mass is 9.94. The zero-order valence-corrected chi connectivity index (χ0v) is 10.0. The van der Waals surface area contributed by atoms with Crippen molar-refractivity contribution < 1.29 is 4.39 Å². The molecule has 2 nitrogen and oxygen atoms in total. The molecule has 0 bridgehead atoms. The van der Waals surface area contributed by atoms with E-state index in [1.807, 2.05) is 13.0 Å². The van der Waals surface area contributed by atoms with Crippen LogP contribution in [-0.4, -0.2) is 12.1 Å². The van der Waals surface area contributed by atoms with E-state index < -0.39 is 5.54 Å². The zero-order valence-electron chi connectivity index (χ0n) is 10.0. The highest BCUT2D eigenvalue weighted by Gasteiger charge is 2.28. The van der Waals surface area contributed by atoms with E-state index in [0.717, 1.165) is 18.0 Å². The largest absolute Gasteiger partial charge is 0.299 e. The Morgan fingerprint density at radius 3 is 2.88 bits per heavy atom. The minimum atomic E-state index is -0.601. The standard InChI is InChI=1S/C14H17FN2/c1-14(10-16,17-9-11-5-6-11)8-12-3-2-4-13(15)7-12/h2-4,7,11,17H,5-6,8-9H2,1H3. The van der Waals surface area contributed by atoms with Gasteiger partial charge in [0.25, 0.3) is 0 Å². The monoisotopic (exact) mass is 232 g/mol. The summed E-state index contributed by atoms with van der Waals surface area (Å²) in [7, 11) is 0. The van der Waals surface area contributed by atoms with Gasteiger partial charge in [-0.1, -0.05) is 12.1 Å². The van der Waals surface area contributed by atoms with Gasteiger partial charge < -0.3 is 0 Å². The van der Waals surface area contributed by atoms with Crippen LogP contribution >= 0.6 is 0 Å². The molecule has 0 spiro atoms. The van der Waals surface area contributed by atoms with Gasteiger partial charge in [-0.3, -0.25) is 5.32 Å². The van der Waals surface area contributed by atoms with Crippen molar-refractivity contribution in [2.75, 3.05) is 6.54 Å². The van der Waals surface area contributed by atoms with E-state index >= 15 is 0 Å². The molecule has 1 fully saturated rings. The summed E-state index contributed by atoms with van der Waals surface area (Å²) >= 11 is 0. The molecule has 0 heterocycles. The molecule has 0 amide bonds. The first-order chi connectivity index (χ1) is 8.11. The molecule has 1 aromatic rings. The van der Waals surface area contributed by atoms with Crippen molar-refractivity contribution in [2.24, 2.45) is 5.92 Å².